The van der Waals surface area contributed by atoms with Gasteiger partial charge in [-0.15, -0.1) is 13.2 Å². The Kier molecular flexibility index (Phi) is 5.18. The predicted octanol–water partition coefficient (Wildman–Crippen LogP) is 4.07. The molecule has 1 amide bonds. The average Bonchev–Trinajstić information content (AvgIpc) is 3.07. The molecule has 0 aromatic heterocycles. The van der Waals surface area contributed by atoms with Crippen LogP contribution < -0.4 is 15.4 Å². The number of hydrogen-bond donors (Lipinski definition) is 1. The number of ether oxygens (including phenoxy) is 1. The van der Waals surface area contributed by atoms with Gasteiger partial charge in [-0.25, -0.2) is 0 Å². The van der Waals surface area contributed by atoms with Gasteiger partial charge >= 0.3 is 12.0 Å². The monoisotopic (exact) mass is 411 g/mol. The first-order valence-electron chi connectivity index (χ1n) is 7.71. The molecule has 0 saturated heterocycles. The maximum absolute atomic E-state index is 12.5. The molecule has 11 heteroatoms. The number of primary amides is 1. The van der Waals surface area contributed by atoms with Crippen molar-refractivity contribution in [2.75, 3.05) is 4.90 Å². The van der Waals surface area contributed by atoms with E-state index in [1.165, 1.54) is 17.2 Å². The maximum atomic E-state index is 12.5. The largest absolute Gasteiger partial charge is 0.573 e. The van der Waals surface area contributed by atoms with Gasteiger partial charge in [-0.3, -0.25) is 14.9 Å². The summed E-state index contributed by atoms with van der Waals surface area (Å²) in [5.74, 6) is -1.61. The minimum atomic E-state index is -5.07. The van der Waals surface area contributed by atoms with Crippen molar-refractivity contribution in [1.82, 2.24) is 0 Å². The smallest absolute Gasteiger partial charge is 0.398 e. The SMILES string of the molecule is NC(=O)C1=CN(c2ccc(OC(F)(F)F)c([N+](=O)[O-])c2)C(c2ccccc2)S1. The highest BCUT2D eigenvalue weighted by Gasteiger charge is 2.36. The zero-order valence-electron chi connectivity index (χ0n) is 13.9. The number of amides is 1. The lowest BCUT2D eigenvalue weighted by Gasteiger charge is -2.25. The minimum Gasteiger partial charge on any atom is -0.398 e. The van der Waals surface area contributed by atoms with Crippen LogP contribution in [0.3, 0.4) is 0 Å². The molecule has 7 nitrogen and oxygen atoms in total. The van der Waals surface area contributed by atoms with Gasteiger partial charge < -0.3 is 15.4 Å². The number of nitro benzene ring substituents is 1. The van der Waals surface area contributed by atoms with Crippen LogP contribution in [0, 0.1) is 10.1 Å². The van der Waals surface area contributed by atoms with Crippen LogP contribution in [0.2, 0.25) is 0 Å². The van der Waals surface area contributed by atoms with Crippen molar-refractivity contribution in [1.29, 1.82) is 0 Å². The summed E-state index contributed by atoms with van der Waals surface area (Å²) in [6.07, 6.45) is -3.66. The fourth-order valence-corrected chi connectivity index (χ4v) is 3.72. The molecule has 1 aliphatic rings. The molecule has 3 rings (SSSR count). The fourth-order valence-electron chi connectivity index (χ4n) is 2.60. The van der Waals surface area contributed by atoms with Crippen molar-refractivity contribution in [3.8, 4) is 5.75 Å². The summed E-state index contributed by atoms with van der Waals surface area (Å²) in [6, 6.07) is 12.0. The Morgan fingerprint density at radius 2 is 1.89 bits per heavy atom. The van der Waals surface area contributed by atoms with E-state index in [4.69, 9.17) is 5.73 Å². The van der Waals surface area contributed by atoms with Gasteiger partial charge in [-0.1, -0.05) is 42.1 Å². The van der Waals surface area contributed by atoms with Gasteiger partial charge in [0.05, 0.1) is 9.83 Å². The quantitative estimate of drug-likeness (QED) is 0.588. The Bertz CT molecular complexity index is 950. The lowest BCUT2D eigenvalue weighted by Crippen LogP contribution is -2.19. The number of carbonyl (C=O) groups excluding carboxylic acids is 1. The third-order valence-electron chi connectivity index (χ3n) is 3.74. The summed E-state index contributed by atoms with van der Waals surface area (Å²) < 4.78 is 41.2. The van der Waals surface area contributed by atoms with E-state index in [1.807, 2.05) is 0 Å². The first kappa shape index (κ1) is 19.5. The molecule has 2 N–H and O–H groups in total. The molecule has 0 fully saturated rings. The van der Waals surface area contributed by atoms with Gasteiger partial charge in [0, 0.05) is 18.0 Å². The third kappa shape index (κ3) is 4.19. The molecular formula is C17H12F3N3O4S. The molecule has 1 atom stereocenters. The lowest BCUT2D eigenvalue weighted by atomic mass is 10.2. The Labute approximate surface area is 160 Å². The molecule has 1 unspecified atom stereocenters. The molecule has 0 spiro atoms. The first-order valence-corrected chi connectivity index (χ1v) is 8.59. The van der Waals surface area contributed by atoms with Crippen molar-refractivity contribution < 1.29 is 27.6 Å². The molecule has 2 aromatic carbocycles. The van der Waals surface area contributed by atoms with Crippen molar-refractivity contribution in [3.05, 3.63) is 75.3 Å². The van der Waals surface area contributed by atoms with Gasteiger partial charge in [0.15, 0.2) is 0 Å². The number of halogens is 3. The van der Waals surface area contributed by atoms with Crippen molar-refractivity contribution >= 4 is 29.0 Å². The number of benzene rings is 2. The fraction of sp³-hybridized carbons (Fsp3) is 0.118. The summed E-state index contributed by atoms with van der Waals surface area (Å²) in [5.41, 5.74) is 5.47. The second kappa shape index (κ2) is 7.43. The van der Waals surface area contributed by atoms with E-state index in [9.17, 15) is 28.1 Å². The van der Waals surface area contributed by atoms with E-state index in [-0.39, 0.29) is 10.6 Å². The lowest BCUT2D eigenvalue weighted by molar-refractivity contribution is -0.388. The molecule has 28 heavy (non-hydrogen) atoms. The summed E-state index contributed by atoms with van der Waals surface area (Å²) >= 11 is 1.13. The van der Waals surface area contributed by atoms with E-state index in [0.717, 1.165) is 29.5 Å². The zero-order valence-corrected chi connectivity index (χ0v) is 14.7. The summed E-state index contributed by atoms with van der Waals surface area (Å²) in [4.78, 5) is 23.6. The number of hydrogen-bond acceptors (Lipinski definition) is 6. The van der Waals surface area contributed by atoms with Gasteiger partial charge in [0.1, 0.15) is 5.37 Å². The molecule has 1 aliphatic heterocycles. The van der Waals surface area contributed by atoms with E-state index in [0.29, 0.717) is 0 Å². The molecular weight excluding hydrogens is 399 g/mol. The van der Waals surface area contributed by atoms with E-state index >= 15 is 0 Å². The zero-order chi connectivity index (χ0) is 20.5. The van der Waals surface area contributed by atoms with Crippen LogP contribution >= 0.6 is 11.8 Å². The molecule has 1 heterocycles. The van der Waals surface area contributed by atoms with E-state index in [1.54, 1.807) is 30.3 Å². The number of nitrogens with zero attached hydrogens (tertiary/aromatic N) is 2. The normalized spacial score (nSPS) is 16.6. The highest BCUT2D eigenvalue weighted by atomic mass is 32.2. The standard InChI is InChI=1S/C17H12F3N3O4S/c18-17(19,20)27-13-7-6-11(8-12(13)23(25)26)22-9-14(15(21)24)28-16(22)10-4-2-1-3-5-10/h1-9,16H,(H2,21,24). The first-order chi connectivity index (χ1) is 13.2. The van der Waals surface area contributed by atoms with Crippen LogP contribution in [0.4, 0.5) is 24.5 Å². The average molecular weight is 411 g/mol. The van der Waals surface area contributed by atoms with Crippen LogP contribution in [0.25, 0.3) is 0 Å². The number of nitrogens with two attached hydrogens (primary N) is 1. The summed E-state index contributed by atoms with van der Waals surface area (Å²) in [5, 5.41) is 10.8. The number of alkyl halides is 3. The van der Waals surface area contributed by atoms with Gasteiger partial charge in [-0.05, 0) is 17.7 Å². The van der Waals surface area contributed by atoms with Gasteiger partial charge in [0.25, 0.3) is 5.91 Å². The number of rotatable bonds is 5. The Balaban J connectivity index is 2.04. The van der Waals surface area contributed by atoms with Crippen LogP contribution in [0.15, 0.2) is 59.6 Å². The number of anilines is 1. The van der Waals surface area contributed by atoms with Crippen molar-refractivity contribution in [2.45, 2.75) is 11.7 Å². The predicted molar refractivity (Wildman–Crippen MR) is 96.3 cm³/mol. The molecule has 2 aromatic rings. The minimum absolute atomic E-state index is 0.207. The topological polar surface area (TPSA) is 98.7 Å². The van der Waals surface area contributed by atoms with E-state index < -0.39 is 34.0 Å². The van der Waals surface area contributed by atoms with E-state index in [2.05, 4.69) is 4.74 Å². The highest BCUT2D eigenvalue weighted by molar-refractivity contribution is 8.04. The number of nitro groups is 1. The molecule has 0 aliphatic carbocycles. The van der Waals surface area contributed by atoms with Crippen LogP contribution in [-0.2, 0) is 4.79 Å². The molecule has 0 bridgehead atoms. The Morgan fingerprint density at radius 3 is 2.46 bits per heavy atom. The second-order valence-electron chi connectivity index (χ2n) is 5.60. The third-order valence-corrected chi connectivity index (χ3v) is 5.02. The van der Waals surface area contributed by atoms with Crippen LogP contribution in [0.5, 0.6) is 5.75 Å². The molecule has 146 valence electrons. The van der Waals surface area contributed by atoms with Crippen LogP contribution in [0.1, 0.15) is 10.9 Å². The van der Waals surface area contributed by atoms with Gasteiger partial charge in [-0.2, -0.15) is 0 Å². The number of carbonyl (C=O) groups is 1. The summed E-state index contributed by atoms with van der Waals surface area (Å²) in [6.45, 7) is 0. The summed E-state index contributed by atoms with van der Waals surface area (Å²) in [7, 11) is 0. The van der Waals surface area contributed by atoms with Crippen LogP contribution in [-0.4, -0.2) is 17.2 Å². The Hall–Kier alpha value is -3.21. The molecule has 0 saturated carbocycles. The van der Waals surface area contributed by atoms with Crippen molar-refractivity contribution in [2.24, 2.45) is 5.73 Å². The maximum Gasteiger partial charge on any atom is 0.573 e. The Morgan fingerprint density at radius 1 is 1.21 bits per heavy atom. The number of thioether (sulfide) groups is 1. The highest BCUT2D eigenvalue weighted by Crippen LogP contribution is 2.47. The van der Waals surface area contributed by atoms with Crippen molar-refractivity contribution in [3.63, 3.8) is 0 Å². The molecule has 0 radical (unpaired) electrons. The second-order valence-corrected chi connectivity index (χ2v) is 6.72. The van der Waals surface area contributed by atoms with Gasteiger partial charge in [0.2, 0.25) is 5.75 Å².